The third-order valence-corrected chi connectivity index (χ3v) is 0. The molecule has 5 heteroatoms. The molecule has 0 amide bonds. The molecule has 0 atom stereocenters. The minimum Gasteiger partial charge on any atom is -0.199 e. The lowest BCUT2D eigenvalue weighted by Gasteiger charge is -1.63. The van der Waals surface area contributed by atoms with Crippen LogP contribution in [0.3, 0.4) is 0 Å². The Bertz CT molecular complexity index is 55.7. The molecule has 0 heterocycles. The highest BCUT2D eigenvalue weighted by atomic mass is 79.9. The average molecular weight is 292 g/mol. The second kappa shape index (κ2) is 10.1. The summed E-state index contributed by atoms with van der Waals surface area (Å²) in [5, 5.41) is 7.32. The Labute approximate surface area is 68.5 Å². The SMILES string of the molecule is BrB(Br)Br.CC#N. The predicted octanol–water partition coefficient (Wildman–Crippen LogP) is 2.69. The number of rotatable bonds is 0. The minimum atomic E-state index is 0.271. The van der Waals surface area contributed by atoms with Crippen LogP contribution in [0.2, 0.25) is 0 Å². The normalized spacial score (nSPS) is 5.00. The number of halogens is 3. The highest BCUT2D eigenvalue weighted by Gasteiger charge is 1.87. The molecule has 0 bridgehead atoms. The largest absolute Gasteiger partial charge is 0.369 e. The van der Waals surface area contributed by atoms with Crippen LogP contribution in [0.4, 0.5) is 0 Å². The van der Waals surface area contributed by atoms with Crippen molar-refractivity contribution in [2.75, 3.05) is 0 Å². The van der Waals surface area contributed by atoms with Gasteiger partial charge < -0.3 is 0 Å². The molecule has 0 aliphatic rings. The molecule has 0 aromatic heterocycles. The smallest absolute Gasteiger partial charge is 0.199 e. The summed E-state index contributed by atoms with van der Waals surface area (Å²) in [6.07, 6.45) is 0. The molecule has 0 fully saturated rings. The molecule has 0 aromatic rings. The molecular formula is C2H3BBr3N. The summed E-state index contributed by atoms with van der Waals surface area (Å²) in [5.41, 5.74) is 0. The van der Waals surface area contributed by atoms with Crippen LogP contribution in [0.15, 0.2) is 0 Å². The standard InChI is InChI=1S/C2H3N.BBr3/c1-2-3;2-1(3)4/h1H3;. The Morgan fingerprint density at radius 2 is 1.43 bits per heavy atom. The molecule has 0 radical (unpaired) electrons. The van der Waals surface area contributed by atoms with Crippen LogP contribution in [-0.2, 0) is 0 Å². The van der Waals surface area contributed by atoms with E-state index in [1.807, 2.05) is 0 Å². The van der Waals surface area contributed by atoms with E-state index < -0.39 is 0 Å². The molecule has 40 valence electrons. The van der Waals surface area contributed by atoms with Gasteiger partial charge in [0.15, 0.2) is 0 Å². The van der Waals surface area contributed by atoms with Gasteiger partial charge in [-0.05, 0) is 0 Å². The van der Waals surface area contributed by atoms with Crippen LogP contribution in [0, 0.1) is 11.3 Å². The fourth-order valence-corrected chi connectivity index (χ4v) is 0. The van der Waals surface area contributed by atoms with E-state index >= 15 is 0 Å². The summed E-state index contributed by atoms with van der Waals surface area (Å²) in [4.78, 5) is 0. The van der Waals surface area contributed by atoms with Gasteiger partial charge in [-0.1, -0.05) is 0 Å². The molecule has 7 heavy (non-hydrogen) atoms. The number of hydrogen-bond acceptors (Lipinski definition) is 1. The van der Waals surface area contributed by atoms with E-state index in [-0.39, 0.29) is 3.18 Å². The Morgan fingerprint density at radius 1 is 1.43 bits per heavy atom. The van der Waals surface area contributed by atoms with E-state index in [9.17, 15) is 0 Å². The van der Waals surface area contributed by atoms with E-state index in [0.29, 0.717) is 0 Å². The van der Waals surface area contributed by atoms with Crippen molar-refractivity contribution in [3.63, 3.8) is 0 Å². The van der Waals surface area contributed by atoms with Gasteiger partial charge in [-0.2, -0.15) is 5.26 Å². The van der Waals surface area contributed by atoms with E-state index in [1.54, 1.807) is 6.07 Å². The van der Waals surface area contributed by atoms with Gasteiger partial charge >= 0.3 is 3.18 Å². The fourth-order valence-electron chi connectivity index (χ4n) is 0. The Balaban J connectivity index is 0. The van der Waals surface area contributed by atoms with Crippen LogP contribution in [0.5, 0.6) is 0 Å². The van der Waals surface area contributed by atoms with E-state index in [2.05, 4.69) is 47.3 Å². The van der Waals surface area contributed by atoms with Gasteiger partial charge in [-0.15, -0.1) is 47.3 Å². The molecule has 0 aromatic carbocycles. The van der Waals surface area contributed by atoms with Gasteiger partial charge in [0.1, 0.15) is 0 Å². The van der Waals surface area contributed by atoms with E-state index in [1.165, 1.54) is 6.92 Å². The van der Waals surface area contributed by atoms with Crippen molar-refractivity contribution in [1.82, 2.24) is 0 Å². The summed E-state index contributed by atoms with van der Waals surface area (Å²) in [6, 6.07) is 1.75. The quantitative estimate of drug-likeness (QED) is 0.630. The van der Waals surface area contributed by atoms with Crippen LogP contribution >= 0.6 is 47.3 Å². The highest BCUT2D eigenvalue weighted by Crippen LogP contribution is 2.07. The first-order valence-electron chi connectivity index (χ1n) is 1.38. The molecular weight excluding hydrogens is 289 g/mol. The predicted molar refractivity (Wildman–Crippen MR) is 43.8 cm³/mol. The first-order chi connectivity index (χ1) is 3.15. The van der Waals surface area contributed by atoms with Crippen molar-refractivity contribution < 1.29 is 0 Å². The van der Waals surface area contributed by atoms with Gasteiger partial charge in [-0.25, -0.2) is 0 Å². The summed E-state index contributed by atoms with van der Waals surface area (Å²) in [6.45, 7) is 1.43. The second-order valence-corrected chi connectivity index (χ2v) is 6.90. The maximum atomic E-state index is 7.32. The van der Waals surface area contributed by atoms with E-state index in [4.69, 9.17) is 5.26 Å². The average Bonchev–Trinajstić information content (AvgIpc) is 1.33. The van der Waals surface area contributed by atoms with Crippen LogP contribution in [0.25, 0.3) is 0 Å². The summed E-state index contributed by atoms with van der Waals surface area (Å²) in [5.74, 6) is 0. The van der Waals surface area contributed by atoms with Gasteiger partial charge in [0.05, 0.1) is 6.07 Å². The third-order valence-electron chi connectivity index (χ3n) is 0. The molecule has 0 aliphatic carbocycles. The van der Waals surface area contributed by atoms with Crippen molar-refractivity contribution >= 4 is 50.5 Å². The maximum Gasteiger partial charge on any atom is 0.369 e. The lowest BCUT2D eigenvalue weighted by atomic mass is 10.8. The molecule has 0 rings (SSSR count). The lowest BCUT2D eigenvalue weighted by molar-refractivity contribution is 1.49. The number of hydrogen-bond donors (Lipinski definition) is 0. The van der Waals surface area contributed by atoms with Crippen molar-refractivity contribution in [2.45, 2.75) is 6.92 Å². The maximum absolute atomic E-state index is 7.32. The molecule has 1 nitrogen and oxygen atoms in total. The Hall–Kier alpha value is 0.995. The topological polar surface area (TPSA) is 23.8 Å². The summed E-state index contributed by atoms with van der Waals surface area (Å²) in [7, 11) is 0. The first-order valence-corrected chi connectivity index (χ1v) is 4.13. The first kappa shape index (κ1) is 10.9. The van der Waals surface area contributed by atoms with Crippen LogP contribution in [-0.4, -0.2) is 3.18 Å². The number of nitriles is 1. The molecule has 0 unspecified atom stereocenters. The van der Waals surface area contributed by atoms with Crippen molar-refractivity contribution in [1.29, 1.82) is 5.26 Å². The second-order valence-electron chi connectivity index (χ2n) is 0.471. The monoisotopic (exact) mass is 289 g/mol. The molecule has 0 spiro atoms. The Kier molecular flexibility index (Phi) is 15.7. The van der Waals surface area contributed by atoms with Crippen molar-refractivity contribution in [2.24, 2.45) is 0 Å². The van der Waals surface area contributed by atoms with Crippen LogP contribution in [0.1, 0.15) is 6.92 Å². The lowest BCUT2D eigenvalue weighted by Crippen LogP contribution is -1.60. The van der Waals surface area contributed by atoms with Crippen LogP contribution < -0.4 is 0 Å². The molecule has 0 saturated carbocycles. The highest BCUT2D eigenvalue weighted by molar-refractivity contribution is 9.69. The Morgan fingerprint density at radius 3 is 1.43 bits per heavy atom. The fraction of sp³-hybridized carbons (Fsp3) is 0.500. The van der Waals surface area contributed by atoms with Crippen molar-refractivity contribution in [3.05, 3.63) is 0 Å². The summed E-state index contributed by atoms with van der Waals surface area (Å²) < 4.78 is 0.271. The number of nitrogens with zero attached hydrogens (tertiary/aromatic N) is 1. The third kappa shape index (κ3) is 176. The van der Waals surface area contributed by atoms with Gasteiger partial charge in [0.25, 0.3) is 0 Å². The van der Waals surface area contributed by atoms with E-state index in [0.717, 1.165) is 0 Å². The molecule has 0 saturated heterocycles. The summed E-state index contributed by atoms with van der Waals surface area (Å²) >= 11 is 9.31. The minimum absolute atomic E-state index is 0.271. The van der Waals surface area contributed by atoms with Crippen molar-refractivity contribution in [3.8, 4) is 6.07 Å². The molecule has 0 aliphatic heterocycles. The zero-order valence-electron chi connectivity index (χ0n) is 3.66. The van der Waals surface area contributed by atoms with Gasteiger partial charge in [-0.3, -0.25) is 0 Å². The van der Waals surface area contributed by atoms with Gasteiger partial charge in [0.2, 0.25) is 0 Å². The zero-order chi connectivity index (χ0) is 6.28. The molecule has 0 N–H and O–H groups in total. The van der Waals surface area contributed by atoms with Gasteiger partial charge in [0, 0.05) is 6.92 Å². The zero-order valence-corrected chi connectivity index (χ0v) is 8.42.